The number of hydrogen-bond acceptors (Lipinski definition) is 2. The molecular weight excluding hydrogens is 524 g/mol. The minimum absolute atomic E-state index is 0.295. The van der Waals surface area contributed by atoms with E-state index >= 15 is 0 Å². The topological polar surface area (TPSA) is 18.5 Å². The molecule has 2 nitrogen and oxygen atoms in total. The number of ether oxygens (including phenoxy) is 2. The number of rotatable bonds is 9. The summed E-state index contributed by atoms with van der Waals surface area (Å²) < 4.78 is 180. The summed E-state index contributed by atoms with van der Waals surface area (Å²) in [6.45, 7) is 2.74. The van der Waals surface area contributed by atoms with Gasteiger partial charge in [0.1, 0.15) is 0 Å². The van der Waals surface area contributed by atoms with Crippen LogP contribution in [0.5, 0.6) is 0 Å². The lowest BCUT2D eigenvalue weighted by atomic mass is 9.54. The van der Waals surface area contributed by atoms with Crippen molar-refractivity contribution in [2.24, 2.45) is 29.1 Å². The lowest BCUT2D eigenvalue weighted by molar-refractivity contribution is -0.431. The Morgan fingerprint density at radius 3 is 1.50 bits per heavy atom. The van der Waals surface area contributed by atoms with Crippen LogP contribution in [0.2, 0.25) is 0 Å². The van der Waals surface area contributed by atoms with Crippen molar-refractivity contribution in [1.29, 1.82) is 0 Å². The highest BCUT2D eigenvalue weighted by molar-refractivity contribution is 5.22. The summed E-state index contributed by atoms with van der Waals surface area (Å²) in [5.74, 6) is -5.62. The van der Waals surface area contributed by atoms with Gasteiger partial charge in [0.2, 0.25) is 0 Å². The van der Waals surface area contributed by atoms with Gasteiger partial charge in [0.05, 0.1) is 0 Å². The molecule has 2 bridgehead atoms. The van der Waals surface area contributed by atoms with Crippen LogP contribution in [0.3, 0.4) is 0 Å². The lowest BCUT2D eigenvalue weighted by Gasteiger charge is -2.56. The first-order valence-electron chi connectivity index (χ1n) is 11.7. The Balaban J connectivity index is 2.87. The molecule has 5 atom stereocenters. The zero-order chi connectivity index (χ0) is 28.2. The fraction of sp³-hybridized carbons (Fsp3) is 1.00. The maximum atomic E-state index is 14.6. The minimum Gasteiger partial charge on any atom is -0.358 e. The van der Waals surface area contributed by atoms with Crippen molar-refractivity contribution in [2.45, 2.75) is 95.7 Å². The Hall–Kier alpha value is -0.920. The monoisotopic (exact) mass is 554 g/mol. The standard InChI is InChI=1S/C22H30F12O2/c1-5-7-35-17(19(23,24)25,20(26,27)28)11-15-9-14-10-16(15,13(4)12(14)3)18(21(29,30)31,22(32,33)34)36-8-6-2/h12-15H,5-11H2,1-4H3. The van der Waals surface area contributed by atoms with Gasteiger partial charge in [0.25, 0.3) is 11.2 Å². The summed E-state index contributed by atoms with van der Waals surface area (Å²) >= 11 is 0. The van der Waals surface area contributed by atoms with Crippen molar-refractivity contribution >= 4 is 0 Å². The van der Waals surface area contributed by atoms with E-state index in [9.17, 15) is 52.7 Å². The van der Waals surface area contributed by atoms with E-state index in [0.717, 1.165) is 6.92 Å². The molecule has 0 aromatic rings. The molecule has 14 heteroatoms. The summed E-state index contributed by atoms with van der Waals surface area (Å²) in [7, 11) is 0. The highest BCUT2D eigenvalue weighted by Crippen LogP contribution is 2.75. The van der Waals surface area contributed by atoms with Crippen molar-refractivity contribution in [1.82, 2.24) is 0 Å². The van der Waals surface area contributed by atoms with E-state index in [-0.39, 0.29) is 12.8 Å². The molecule has 36 heavy (non-hydrogen) atoms. The Kier molecular flexibility index (Phi) is 8.41. The molecule has 0 amide bonds. The Morgan fingerprint density at radius 2 is 1.14 bits per heavy atom. The fourth-order valence-electron chi connectivity index (χ4n) is 6.59. The van der Waals surface area contributed by atoms with Gasteiger partial charge >= 0.3 is 24.7 Å². The van der Waals surface area contributed by atoms with Gasteiger partial charge in [-0.05, 0) is 55.8 Å². The lowest BCUT2D eigenvalue weighted by Crippen LogP contribution is -2.72. The van der Waals surface area contributed by atoms with Gasteiger partial charge in [-0.25, -0.2) is 0 Å². The Labute approximate surface area is 201 Å². The second kappa shape index (κ2) is 9.68. The first kappa shape index (κ1) is 31.3. The Morgan fingerprint density at radius 1 is 0.694 bits per heavy atom. The van der Waals surface area contributed by atoms with Crippen molar-refractivity contribution in [3.05, 3.63) is 0 Å². The molecular formula is C22H30F12O2. The molecule has 0 saturated heterocycles. The molecule has 2 fully saturated rings. The average Bonchev–Trinajstić information content (AvgIpc) is 3.16. The van der Waals surface area contributed by atoms with E-state index in [0.29, 0.717) is 0 Å². The van der Waals surface area contributed by atoms with Gasteiger partial charge in [-0.15, -0.1) is 0 Å². The van der Waals surface area contributed by atoms with Gasteiger partial charge in [-0.3, -0.25) is 0 Å². The maximum absolute atomic E-state index is 14.6. The summed E-state index contributed by atoms with van der Waals surface area (Å²) in [5, 5.41) is 0. The highest BCUT2D eigenvalue weighted by atomic mass is 19.4. The highest BCUT2D eigenvalue weighted by Gasteiger charge is 2.87. The van der Waals surface area contributed by atoms with Crippen LogP contribution in [0.25, 0.3) is 0 Å². The van der Waals surface area contributed by atoms with Gasteiger partial charge in [0.15, 0.2) is 0 Å². The maximum Gasteiger partial charge on any atom is 0.427 e. The SMILES string of the molecule is CCCOC(CC1CC2CC1(C(OCCC)(C(F)(F)F)C(F)(F)F)C(C)C2C)(C(F)(F)F)C(F)(F)F. The predicted molar refractivity (Wildman–Crippen MR) is 104 cm³/mol. The second-order valence-electron chi connectivity index (χ2n) is 9.99. The zero-order valence-electron chi connectivity index (χ0n) is 20.1. The van der Waals surface area contributed by atoms with Crippen LogP contribution in [0.1, 0.15) is 59.8 Å². The van der Waals surface area contributed by atoms with Crippen LogP contribution >= 0.6 is 0 Å². The zero-order valence-corrected chi connectivity index (χ0v) is 20.1. The molecule has 0 spiro atoms. The van der Waals surface area contributed by atoms with Crippen LogP contribution in [0.4, 0.5) is 52.7 Å². The predicted octanol–water partition coefficient (Wildman–Crippen LogP) is 8.25. The van der Waals surface area contributed by atoms with Gasteiger partial charge in [-0.2, -0.15) is 52.7 Å². The molecule has 0 N–H and O–H groups in total. The quantitative estimate of drug-likeness (QED) is 0.267. The molecule has 2 rings (SSSR count). The molecule has 0 aromatic carbocycles. The summed E-state index contributed by atoms with van der Waals surface area (Å²) in [4.78, 5) is 0. The molecule has 2 aliphatic rings. The minimum atomic E-state index is -6.17. The van der Waals surface area contributed by atoms with Crippen LogP contribution < -0.4 is 0 Å². The normalized spacial score (nSPS) is 30.3. The first-order valence-corrected chi connectivity index (χ1v) is 11.7. The van der Waals surface area contributed by atoms with Crippen molar-refractivity contribution in [3.63, 3.8) is 0 Å². The number of hydrogen-bond donors (Lipinski definition) is 0. The van der Waals surface area contributed by atoms with E-state index in [1.54, 1.807) is 0 Å². The molecule has 5 unspecified atom stereocenters. The average molecular weight is 554 g/mol. The molecule has 2 aliphatic carbocycles. The fourth-order valence-corrected chi connectivity index (χ4v) is 6.59. The van der Waals surface area contributed by atoms with Crippen molar-refractivity contribution < 1.29 is 62.2 Å². The van der Waals surface area contributed by atoms with Crippen LogP contribution in [-0.4, -0.2) is 49.1 Å². The van der Waals surface area contributed by atoms with E-state index < -0.39 is 97.5 Å². The van der Waals surface area contributed by atoms with Crippen LogP contribution in [-0.2, 0) is 9.47 Å². The molecule has 0 heterocycles. The van der Waals surface area contributed by atoms with Gasteiger partial charge < -0.3 is 9.47 Å². The number of alkyl halides is 12. The van der Waals surface area contributed by atoms with Crippen molar-refractivity contribution in [3.8, 4) is 0 Å². The third kappa shape index (κ3) is 4.39. The second-order valence-corrected chi connectivity index (χ2v) is 9.99. The number of halogens is 12. The Bertz CT molecular complexity index is 726. The largest absolute Gasteiger partial charge is 0.427 e. The third-order valence-electron chi connectivity index (χ3n) is 8.24. The third-order valence-corrected chi connectivity index (χ3v) is 8.24. The summed E-state index contributed by atoms with van der Waals surface area (Å²) in [5.41, 5.74) is -13.0. The molecule has 0 aliphatic heterocycles. The van der Waals surface area contributed by atoms with Gasteiger partial charge in [0, 0.05) is 18.6 Å². The molecule has 214 valence electrons. The van der Waals surface area contributed by atoms with E-state index in [1.807, 2.05) is 0 Å². The molecule has 0 aromatic heterocycles. The van der Waals surface area contributed by atoms with Crippen molar-refractivity contribution in [2.75, 3.05) is 13.2 Å². The van der Waals surface area contributed by atoms with Gasteiger partial charge in [-0.1, -0.05) is 27.7 Å². The molecule has 0 radical (unpaired) electrons. The first-order chi connectivity index (χ1) is 16.1. The van der Waals surface area contributed by atoms with E-state index in [2.05, 4.69) is 9.47 Å². The summed E-state index contributed by atoms with van der Waals surface area (Å²) in [6.07, 6.45) is -28.9. The van der Waals surface area contributed by atoms with Crippen LogP contribution in [0.15, 0.2) is 0 Å². The number of fused-ring (bicyclic) bond motifs is 2. The smallest absolute Gasteiger partial charge is 0.358 e. The van der Waals surface area contributed by atoms with Crippen LogP contribution in [0, 0.1) is 29.1 Å². The van der Waals surface area contributed by atoms with E-state index in [4.69, 9.17) is 0 Å². The molecule has 2 saturated carbocycles. The van der Waals surface area contributed by atoms with E-state index in [1.165, 1.54) is 20.8 Å². The summed E-state index contributed by atoms with van der Waals surface area (Å²) in [6, 6.07) is 0.